The van der Waals surface area contributed by atoms with Gasteiger partial charge in [-0.2, -0.15) is 0 Å². The molecule has 1 heterocycles. The van der Waals surface area contributed by atoms with Crippen LogP contribution in [0.1, 0.15) is 57.9 Å². The molecule has 1 aliphatic rings. The van der Waals surface area contributed by atoms with Crippen LogP contribution >= 0.6 is 0 Å². The number of likely N-dealkylation sites (tertiary alicyclic amines) is 1. The van der Waals surface area contributed by atoms with E-state index in [2.05, 4.69) is 54.4 Å². The fourth-order valence-electron chi connectivity index (χ4n) is 3.50. The van der Waals surface area contributed by atoms with Gasteiger partial charge in [0.2, 0.25) is 5.91 Å². The van der Waals surface area contributed by atoms with Crippen molar-refractivity contribution in [3.05, 3.63) is 35.9 Å². The van der Waals surface area contributed by atoms with Gasteiger partial charge >= 0.3 is 0 Å². The van der Waals surface area contributed by atoms with Crippen molar-refractivity contribution in [3.63, 3.8) is 0 Å². The van der Waals surface area contributed by atoms with E-state index in [4.69, 9.17) is 0 Å². The summed E-state index contributed by atoms with van der Waals surface area (Å²) in [4.78, 5) is 14.9. The summed E-state index contributed by atoms with van der Waals surface area (Å²) < 4.78 is 0. The first kappa shape index (κ1) is 21.0. The number of benzene rings is 1. The third kappa shape index (κ3) is 6.82. The third-order valence-electron chi connectivity index (χ3n) is 4.83. The van der Waals surface area contributed by atoms with Gasteiger partial charge in [0, 0.05) is 31.6 Å². The Kier molecular flexibility index (Phi) is 10.0. The van der Waals surface area contributed by atoms with Crippen molar-refractivity contribution in [3.8, 4) is 0 Å². The average Bonchev–Trinajstić information content (AvgIpc) is 2.57. The highest BCUT2D eigenvalue weighted by Crippen LogP contribution is 2.17. The molecule has 0 atom stereocenters. The van der Waals surface area contributed by atoms with Crippen LogP contribution in [0.3, 0.4) is 0 Å². The predicted octanol–water partition coefficient (Wildman–Crippen LogP) is 0.988. The number of carbonyl (C=O) groups excluding carboxylic acids is 1. The lowest BCUT2D eigenvalue weighted by Crippen LogP contribution is -3.00. The summed E-state index contributed by atoms with van der Waals surface area (Å²) in [5.74, 6) is 0.502. The van der Waals surface area contributed by atoms with Crippen LogP contribution in [0.15, 0.2) is 30.3 Å². The molecule has 0 saturated carbocycles. The number of carbonyl (C=O) groups is 1. The molecule has 0 aliphatic carbocycles. The first-order valence-corrected chi connectivity index (χ1v) is 9.29. The molecule has 1 saturated heterocycles. The molecule has 2 rings (SSSR count). The number of hydrogen-bond donors (Lipinski definition) is 1. The summed E-state index contributed by atoms with van der Waals surface area (Å²) in [7, 11) is 0. The molecule has 1 amide bonds. The molecule has 1 aliphatic heterocycles. The van der Waals surface area contributed by atoms with Crippen molar-refractivity contribution in [2.75, 3.05) is 13.1 Å². The van der Waals surface area contributed by atoms with Gasteiger partial charge in [0.25, 0.3) is 0 Å². The maximum atomic E-state index is 12.4. The second-order valence-electron chi connectivity index (χ2n) is 6.82. The Bertz CT molecular complexity index is 452. The van der Waals surface area contributed by atoms with E-state index in [1.165, 1.54) is 5.56 Å². The summed E-state index contributed by atoms with van der Waals surface area (Å²) in [5.41, 5.74) is 1.38. The summed E-state index contributed by atoms with van der Waals surface area (Å²) in [6.07, 6.45) is 6.37. The van der Waals surface area contributed by atoms with Crippen LogP contribution < -0.4 is 17.7 Å². The molecular weight excluding hydrogens is 320 g/mol. The second-order valence-corrected chi connectivity index (χ2v) is 6.82. The molecule has 0 bridgehead atoms. The number of nitrogens with zero attached hydrogens (tertiary/aromatic N) is 1. The van der Waals surface area contributed by atoms with Crippen molar-refractivity contribution >= 4 is 5.91 Å². The Hall–Kier alpha value is -1.06. The average molecular weight is 352 g/mol. The van der Waals surface area contributed by atoms with Crippen LogP contribution in [0.5, 0.6) is 0 Å². The molecule has 1 fully saturated rings. The minimum absolute atomic E-state index is 0. The summed E-state index contributed by atoms with van der Waals surface area (Å²) in [5, 5.41) is 3.31. The fraction of sp³-hybridized carbons (Fsp3) is 0.650. The van der Waals surface area contributed by atoms with E-state index in [0.717, 1.165) is 58.2 Å². The quantitative estimate of drug-likeness (QED) is 0.757. The first-order valence-electron chi connectivity index (χ1n) is 9.29. The molecule has 0 spiro atoms. The zero-order chi connectivity index (χ0) is 16.5. The second kappa shape index (κ2) is 11.5. The number of halogens is 1. The zero-order valence-electron chi connectivity index (χ0n) is 15.1. The largest absolute Gasteiger partial charge is 1.00 e. The highest BCUT2D eigenvalue weighted by molar-refractivity contribution is 5.78. The van der Waals surface area contributed by atoms with E-state index in [-0.39, 0.29) is 24.2 Å². The molecule has 1 aromatic rings. The van der Waals surface area contributed by atoms with Crippen molar-refractivity contribution in [1.82, 2.24) is 10.2 Å². The van der Waals surface area contributed by atoms with E-state index < -0.39 is 0 Å². The molecule has 0 unspecified atom stereocenters. The van der Waals surface area contributed by atoms with Gasteiger partial charge in [-0.05, 0) is 31.2 Å². The third-order valence-corrected chi connectivity index (χ3v) is 4.83. The van der Waals surface area contributed by atoms with Gasteiger partial charge in [0.15, 0.2) is 0 Å². The van der Waals surface area contributed by atoms with Crippen LogP contribution in [0, 0.1) is 5.92 Å². The number of amides is 1. The maximum Gasteiger partial charge on any atom is 0.223 e. The normalized spacial score (nSPS) is 16.0. The van der Waals surface area contributed by atoms with Crippen molar-refractivity contribution < 1.29 is 17.2 Å². The van der Waals surface area contributed by atoms with Gasteiger partial charge < -0.3 is 17.7 Å². The van der Waals surface area contributed by atoms with Crippen LogP contribution in [0.2, 0.25) is 0 Å². The number of piperidine rings is 1. The Balaban J connectivity index is 0.00000288. The Morgan fingerprint density at radius 2 is 1.71 bits per heavy atom. The standard InChI is InChI=1S/C20H32N2O.ClH/c1-3-8-18(9-4-2)20(23)21-19-12-14-22(15-13-19)16-17-10-6-5-7-11-17;/h5-7,10-11,18-19H,3-4,8-9,12-16H2,1-2H3,(H,21,23);1H/p-1. The van der Waals surface area contributed by atoms with Crippen LogP contribution in [0.25, 0.3) is 0 Å². The molecule has 24 heavy (non-hydrogen) atoms. The van der Waals surface area contributed by atoms with E-state index in [0.29, 0.717) is 6.04 Å². The number of rotatable bonds is 8. The van der Waals surface area contributed by atoms with Gasteiger partial charge in [-0.15, -0.1) is 0 Å². The highest BCUT2D eigenvalue weighted by Gasteiger charge is 2.23. The highest BCUT2D eigenvalue weighted by atomic mass is 35.5. The minimum Gasteiger partial charge on any atom is -1.00 e. The lowest BCUT2D eigenvalue weighted by atomic mass is 9.96. The SMILES string of the molecule is CCCC(CCC)C(=O)NC1CCN(Cc2ccccc2)CC1.[Cl-]. The predicted molar refractivity (Wildman–Crippen MR) is 96.2 cm³/mol. The van der Waals surface area contributed by atoms with Crippen molar-refractivity contribution in [2.45, 2.75) is 65.0 Å². The summed E-state index contributed by atoms with van der Waals surface area (Å²) >= 11 is 0. The smallest absolute Gasteiger partial charge is 0.223 e. The maximum absolute atomic E-state index is 12.4. The van der Waals surface area contributed by atoms with E-state index in [9.17, 15) is 4.79 Å². The van der Waals surface area contributed by atoms with Gasteiger partial charge in [-0.1, -0.05) is 57.0 Å². The molecule has 0 aromatic heterocycles. The van der Waals surface area contributed by atoms with Crippen LogP contribution in [-0.2, 0) is 11.3 Å². The monoisotopic (exact) mass is 351 g/mol. The lowest BCUT2D eigenvalue weighted by Gasteiger charge is -2.33. The van der Waals surface area contributed by atoms with Crippen LogP contribution in [0.4, 0.5) is 0 Å². The lowest BCUT2D eigenvalue weighted by molar-refractivity contribution is -0.126. The Labute approximate surface area is 153 Å². The molecule has 1 aromatic carbocycles. The minimum atomic E-state index is 0. The Morgan fingerprint density at radius 1 is 1.12 bits per heavy atom. The molecule has 3 nitrogen and oxygen atoms in total. The molecular formula is C20H32ClN2O-. The fourth-order valence-corrected chi connectivity index (χ4v) is 3.50. The van der Waals surface area contributed by atoms with Crippen molar-refractivity contribution in [2.24, 2.45) is 5.92 Å². The van der Waals surface area contributed by atoms with Gasteiger partial charge in [-0.3, -0.25) is 9.69 Å². The summed E-state index contributed by atoms with van der Waals surface area (Å²) in [6.45, 7) is 7.50. The molecule has 4 heteroatoms. The van der Waals surface area contributed by atoms with Gasteiger partial charge in [-0.25, -0.2) is 0 Å². The topological polar surface area (TPSA) is 32.3 Å². The van der Waals surface area contributed by atoms with E-state index in [1.54, 1.807) is 0 Å². The van der Waals surface area contributed by atoms with Crippen molar-refractivity contribution in [1.29, 1.82) is 0 Å². The Morgan fingerprint density at radius 3 is 2.25 bits per heavy atom. The van der Waals surface area contributed by atoms with E-state index in [1.807, 2.05) is 0 Å². The molecule has 1 N–H and O–H groups in total. The first-order chi connectivity index (χ1) is 11.2. The van der Waals surface area contributed by atoms with Crippen LogP contribution in [-0.4, -0.2) is 29.9 Å². The summed E-state index contributed by atoms with van der Waals surface area (Å²) in [6, 6.07) is 11.0. The molecule has 0 radical (unpaired) electrons. The number of hydrogen-bond acceptors (Lipinski definition) is 2. The zero-order valence-corrected chi connectivity index (χ0v) is 15.9. The molecule has 136 valence electrons. The van der Waals surface area contributed by atoms with Gasteiger partial charge in [0.05, 0.1) is 0 Å². The van der Waals surface area contributed by atoms with Gasteiger partial charge in [0.1, 0.15) is 0 Å². The number of nitrogens with one attached hydrogen (secondary N) is 1. The van der Waals surface area contributed by atoms with E-state index >= 15 is 0 Å².